The van der Waals surface area contributed by atoms with Gasteiger partial charge in [0.1, 0.15) is 0 Å². The number of pyridine rings is 1. The Bertz CT molecular complexity index is 563. The monoisotopic (exact) mass is 247 g/mol. The fourth-order valence-electron chi connectivity index (χ4n) is 1.58. The smallest absolute Gasteiger partial charge is 0.243 e. The summed E-state index contributed by atoms with van der Waals surface area (Å²) >= 11 is 0. The number of fused-ring (bicyclic) bond motifs is 1. The molecule has 0 aliphatic rings. The molecular formula is C12H17N5O. The van der Waals surface area contributed by atoms with E-state index in [0.717, 1.165) is 11.3 Å². The normalized spacial score (nSPS) is 10.6. The fraction of sp³-hybridized carbons (Fsp3) is 0.417. The van der Waals surface area contributed by atoms with Crippen LogP contribution < -0.4 is 5.32 Å². The molecule has 6 nitrogen and oxygen atoms in total. The van der Waals surface area contributed by atoms with Crippen molar-refractivity contribution in [3.63, 3.8) is 0 Å². The summed E-state index contributed by atoms with van der Waals surface area (Å²) in [6.45, 7) is 4.80. The second kappa shape index (κ2) is 5.03. The van der Waals surface area contributed by atoms with Gasteiger partial charge in [0.25, 0.3) is 0 Å². The molecule has 0 saturated carbocycles. The molecule has 0 fully saturated rings. The number of carbonyl (C=O) groups excluding carboxylic acids is 1. The number of hydrogen-bond acceptors (Lipinski definition) is 4. The van der Waals surface area contributed by atoms with Crippen molar-refractivity contribution in [3.05, 3.63) is 23.9 Å². The van der Waals surface area contributed by atoms with Gasteiger partial charge in [0.05, 0.1) is 6.54 Å². The topological polar surface area (TPSA) is 62.5 Å². The molecule has 0 atom stereocenters. The van der Waals surface area contributed by atoms with Gasteiger partial charge in [0.2, 0.25) is 11.9 Å². The SMILES string of the molecule is CCN(C)C(=O)CNc1nc2cccc(C)n2n1. The van der Waals surface area contributed by atoms with Crippen molar-refractivity contribution in [2.24, 2.45) is 0 Å². The van der Waals surface area contributed by atoms with Crippen LogP contribution in [-0.2, 0) is 4.79 Å². The zero-order valence-corrected chi connectivity index (χ0v) is 10.8. The van der Waals surface area contributed by atoms with Crippen molar-refractivity contribution in [1.29, 1.82) is 0 Å². The number of aromatic nitrogens is 3. The number of nitrogens with zero attached hydrogens (tertiary/aromatic N) is 4. The Hall–Kier alpha value is -2.11. The molecule has 0 spiro atoms. The first kappa shape index (κ1) is 12.3. The molecule has 0 saturated heterocycles. The average Bonchev–Trinajstić information content (AvgIpc) is 2.79. The lowest BCUT2D eigenvalue weighted by molar-refractivity contribution is -0.127. The number of amides is 1. The van der Waals surface area contributed by atoms with Gasteiger partial charge in [-0.1, -0.05) is 6.07 Å². The third-order valence-electron chi connectivity index (χ3n) is 2.85. The zero-order chi connectivity index (χ0) is 13.1. The molecule has 1 N–H and O–H groups in total. The summed E-state index contributed by atoms with van der Waals surface area (Å²) in [5.74, 6) is 0.496. The van der Waals surface area contributed by atoms with E-state index in [-0.39, 0.29) is 12.5 Å². The highest BCUT2D eigenvalue weighted by Crippen LogP contribution is 2.07. The quantitative estimate of drug-likeness (QED) is 0.873. The Morgan fingerprint density at radius 1 is 1.50 bits per heavy atom. The molecule has 2 rings (SSSR count). The van der Waals surface area contributed by atoms with Gasteiger partial charge in [-0.3, -0.25) is 4.79 Å². The van der Waals surface area contributed by atoms with Gasteiger partial charge in [-0.2, -0.15) is 4.98 Å². The second-order valence-corrected chi connectivity index (χ2v) is 4.13. The summed E-state index contributed by atoms with van der Waals surface area (Å²) in [6, 6.07) is 5.77. The lowest BCUT2D eigenvalue weighted by atomic mass is 10.4. The summed E-state index contributed by atoms with van der Waals surface area (Å²) in [5, 5.41) is 7.24. The van der Waals surface area contributed by atoms with Crippen LogP contribution in [0.3, 0.4) is 0 Å². The van der Waals surface area contributed by atoms with E-state index in [2.05, 4.69) is 15.4 Å². The summed E-state index contributed by atoms with van der Waals surface area (Å²) in [6.07, 6.45) is 0. The highest BCUT2D eigenvalue weighted by atomic mass is 16.2. The summed E-state index contributed by atoms with van der Waals surface area (Å²) in [5.41, 5.74) is 1.78. The van der Waals surface area contributed by atoms with Gasteiger partial charge in [0, 0.05) is 19.3 Å². The average molecular weight is 247 g/mol. The molecule has 2 heterocycles. The zero-order valence-electron chi connectivity index (χ0n) is 10.8. The van der Waals surface area contributed by atoms with Gasteiger partial charge in [-0.15, -0.1) is 5.10 Å². The minimum Gasteiger partial charge on any atom is -0.345 e. The molecule has 0 radical (unpaired) electrons. The largest absolute Gasteiger partial charge is 0.345 e. The highest BCUT2D eigenvalue weighted by molar-refractivity contribution is 5.80. The predicted molar refractivity (Wildman–Crippen MR) is 69.5 cm³/mol. The van der Waals surface area contributed by atoms with Crippen LogP contribution in [0.1, 0.15) is 12.6 Å². The number of nitrogens with one attached hydrogen (secondary N) is 1. The van der Waals surface area contributed by atoms with Crippen LogP contribution in [0.4, 0.5) is 5.95 Å². The fourth-order valence-corrected chi connectivity index (χ4v) is 1.58. The minimum absolute atomic E-state index is 0.0214. The number of rotatable bonds is 4. The lowest BCUT2D eigenvalue weighted by Gasteiger charge is -2.13. The molecule has 18 heavy (non-hydrogen) atoms. The van der Waals surface area contributed by atoms with Crippen LogP contribution in [-0.4, -0.2) is 45.5 Å². The summed E-state index contributed by atoms with van der Waals surface area (Å²) in [4.78, 5) is 17.6. The Morgan fingerprint density at radius 2 is 2.28 bits per heavy atom. The number of hydrogen-bond donors (Lipinski definition) is 1. The van der Waals surface area contributed by atoms with Crippen LogP contribution in [0.2, 0.25) is 0 Å². The van der Waals surface area contributed by atoms with Crippen molar-refractivity contribution in [1.82, 2.24) is 19.5 Å². The van der Waals surface area contributed by atoms with Gasteiger partial charge < -0.3 is 10.2 Å². The van der Waals surface area contributed by atoms with Crippen LogP contribution in [0.5, 0.6) is 0 Å². The van der Waals surface area contributed by atoms with Crippen LogP contribution in [0, 0.1) is 6.92 Å². The van der Waals surface area contributed by atoms with E-state index in [1.807, 2.05) is 32.0 Å². The molecule has 0 unspecified atom stereocenters. The molecule has 0 bridgehead atoms. The first-order valence-electron chi connectivity index (χ1n) is 5.92. The predicted octanol–water partition coefficient (Wildman–Crippen LogP) is 0.928. The van der Waals surface area contributed by atoms with E-state index in [1.54, 1.807) is 16.5 Å². The molecule has 2 aromatic heterocycles. The number of anilines is 1. The standard InChI is InChI=1S/C12H17N5O/c1-4-16(3)11(18)8-13-12-14-10-7-5-6-9(2)17(10)15-12/h5-7H,4,8H2,1-3H3,(H,13,15). The molecule has 1 amide bonds. The van der Waals surface area contributed by atoms with Crippen molar-refractivity contribution in [2.45, 2.75) is 13.8 Å². The van der Waals surface area contributed by atoms with Gasteiger partial charge in [0.15, 0.2) is 5.65 Å². The Kier molecular flexibility index (Phi) is 3.45. The third-order valence-corrected chi connectivity index (χ3v) is 2.85. The maximum absolute atomic E-state index is 11.6. The van der Waals surface area contributed by atoms with Crippen molar-refractivity contribution in [2.75, 3.05) is 25.5 Å². The van der Waals surface area contributed by atoms with Gasteiger partial charge in [-0.05, 0) is 26.0 Å². The number of carbonyl (C=O) groups is 1. The van der Waals surface area contributed by atoms with E-state index in [0.29, 0.717) is 12.5 Å². The summed E-state index contributed by atoms with van der Waals surface area (Å²) < 4.78 is 1.75. The Labute approximate surface area is 106 Å². The first-order valence-corrected chi connectivity index (χ1v) is 5.92. The van der Waals surface area contributed by atoms with Crippen LogP contribution in [0.15, 0.2) is 18.2 Å². The van der Waals surface area contributed by atoms with E-state index < -0.39 is 0 Å². The molecule has 0 aromatic carbocycles. The number of likely N-dealkylation sites (N-methyl/N-ethyl adjacent to an activating group) is 1. The number of aryl methyl sites for hydroxylation is 1. The van der Waals surface area contributed by atoms with Crippen molar-refractivity contribution >= 4 is 17.5 Å². The van der Waals surface area contributed by atoms with Crippen LogP contribution in [0.25, 0.3) is 5.65 Å². The van der Waals surface area contributed by atoms with E-state index in [4.69, 9.17) is 0 Å². The molecule has 0 aliphatic carbocycles. The van der Waals surface area contributed by atoms with Gasteiger partial charge >= 0.3 is 0 Å². The Balaban J connectivity index is 2.09. The molecule has 0 aliphatic heterocycles. The van der Waals surface area contributed by atoms with E-state index in [1.165, 1.54) is 0 Å². The maximum atomic E-state index is 11.6. The first-order chi connectivity index (χ1) is 8.61. The van der Waals surface area contributed by atoms with Crippen molar-refractivity contribution in [3.8, 4) is 0 Å². The van der Waals surface area contributed by atoms with E-state index >= 15 is 0 Å². The maximum Gasteiger partial charge on any atom is 0.243 e. The van der Waals surface area contributed by atoms with Crippen LogP contribution >= 0.6 is 0 Å². The van der Waals surface area contributed by atoms with Gasteiger partial charge in [-0.25, -0.2) is 4.52 Å². The van der Waals surface area contributed by atoms with Crippen molar-refractivity contribution < 1.29 is 4.79 Å². The lowest BCUT2D eigenvalue weighted by Crippen LogP contribution is -2.32. The molecule has 96 valence electrons. The molecule has 2 aromatic rings. The second-order valence-electron chi connectivity index (χ2n) is 4.13. The Morgan fingerprint density at radius 3 is 2.94 bits per heavy atom. The molecular weight excluding hydrogens is 230 g/mol. The minimum atomic E-state index is 0.0214. The molecule has 6 heteroatoms. The third kappa shape index (κ3) is 2.42. The summed E-state index contributed by atoms with van der Waals surface area (Å²) in [7, 11) is 1.77. The van der Waals surface area contributed by atoms with E-state index in [9.17, 15) is 4.79 Å². The highest BCUT2D eigenvalue weighted by Gasteiger charge is 2.09.